The van der Waals surface area contributed by atoms with Gasteiger partial charge in [-0.2, -0.15) is 0 Å². The quantitative estimate of drug-likeness (QED) is 0.699. The molecule has 0 aromatic heterocycles. The molecule has 0 aromatic rings. The van der Waals surface area contributed by atoms with E-state index in [1.165, 1.54) is 0 Å². The minimum atomic E-state index is -3.03. The first kappa shape index (κ1) is 17.2. The predicted molar refractivity (Wildman–Crippen MR) is 84.9 cm³/mol. The number of piperidine rings is 1. The van der Waals surface area contributed by atoms with Crippen molar-refractivity contribution in [3.05, 3.63) is 0 Å². The van der Waals surface area contributed by atoms with E-state index in [0.717, 1.165) is 51.8 Å². The van der Waals surface area contributed by atoms with Crippen LogP contribution in [-0.2, 0) is 14.8 Å². The summed E-state index contributed by atoms with van der Waals surface area (Å²) >= 11 is 0. The lowest BCUT2D eigenvalue weighted by molar-refractivity contribution is -0.0406. The molecule has 6 heteroatoms. The van der Waals surface area contributed by atoms with Gasteiger partial charge in [-0.25, -0.2) is 12.7 Å². The van der Waals surface area contributed by atoms with Gasteiger partial charge >= 0.3 is 0 Å². The third-order valence-electron chi connectivity index (χ3n) is 4.61. The van der Waals surface area contributed by atoms with Gasteiger partial charge in [-0.15, -0.1) is 0 Å². The highest BCUT2D eigenvalue weighted by Gasteiger charge is 2.31. The lowest BCUT2D eigenvalue weighted by atomic mass is 10.0. The Morgan fingerprint density at radius 2 is 1.86 bits per heavy atom. The maximum Gasteiger partial charge on any atom is 0.214 e. The van der Waals surface area contributed by atoms with E-state index in [9.17, 15) is 8.42 Å². The van der Waals surface area contributed by atoms with Gasteiger partial charge in [0.15, 0.2) is 0 Å². The first-order valence-electron chi connectivity index (χ1n) is 8.36. The molecule has 2 fully saturated rings. The molecule has 0 radical (unpaired) electrons. The molecule has 0 spiro atoms. The van der Waals surface area contributed by atoms with Crippen LogP contribution in [0.1, 0.15) is 46.0 Å². The highest BCUT2D eigenvalue weighted by atomic mass is 32.2. The van der Waals surface area contributed by atoms with Crippen LogP contribution in [0.25, 0.3) is 0 Å². The van der Waals surface area contributed by atoms with Crippen molar-refractivity contribution in [3.8, 4) is 0 Å². The number of nitrogens with zero attached hydrogens (tertiary/aromatic N) is 2. The minimum Gasteiger partial charge on any atom is -0.376 e. The molecular weight excluding hydrogens is 288 g/mol. The summed E-state index contributed by atoms with van der Waals surface area (Å²) in [5.41, 5.74) is 0. The summed E-state index contributed by atoms with van der Waals surface area (Å²) in [6, 6.07) is 0.526. The van der Waals surface area contributed by atoms with Gasteiger partial charge in [0.2, 0.25) is 10.0 Å². The molecule has 1 atom stereocenters. The Labute approximate surface area is 129 Å². The molecule has 0 N–H and O–H groups in total. The summed E-state index contributed by atoms with van der Waals surface area (Å²) in [5, 5.41) is 0. The van der Waals surface area contributed by atoms with Gasteiger partial charge in [-0.05, 0) is 26.2 Å². The maximum atomic E-state index is 12.3. The summed E-state index contributed by atoms with van der Waals surface area (Å²) in [6.07, 6.45) is 5.07. The monoisotopic (exact) mass is 318 g/mol. The normalized spacial score (nSPS) is 27.0. The standard InChI is InChI=1S/C15H30N2O3S/c1-3-4-5-12-21(18,19)17-8-6-15(7-9-17)16-10-11-20-14(2)13-16/h14-15H,3-13H2,1-2H3/t14-/m1/s1. The summed E-state index contributed by atoms with van der Waals surface area (Å²) in [7, 11) is -3.03. The molecule has 2 aliphatic rings. The molecule has 21 heavy (non-hydrogen) atoms. The Kier molecular flexibility index (Phi) is 6.47. The number of unbranched alkanes of at least 4 members (excludes halogenated alkanes) is 2. The third-order valence-corrected chi connectivity index (χ3v) is 6.57. The molecule has 2 aliphatic heterocycles. The summed E-state index contributed by atoms with van der Waals surface area (Å²) < 4.78 is 31.9. The van der Waals surface area contributed by atoms with Crippen LogP contribution in [0.5, 0.6) is 0 Å². The molecule has 2 rings (SSSR count). The number of ether oxygens (including phenoxy) is 1. The predicted octanol–water partition coefficient (Wildman–Crippen LogP) is 1.69. The smallest absolute Gasteiger partial charge is 0.214 e. The van der Waals surface area contributed by atoms with E-state index in [-0.39, 0.29) is 0 Å². The van der Waals surface area contributed by atoms with E-state index in [0.29, 0.717) is 31.0 Å². The van der Waals surface area contributed by atoms with Gasteiger partial charge in [0.05, 0.1) is 18.5 Å². The van der Waals surface area contributed by atoms with Crippen molar-refractivity contribution in [2.45, 2.75) is 58.1 Å². The van der Waals surface area contributed by atoms with E-state index in [4.69, 9.17) is 4.74 Å². The number of hydrogen-bond donors (Lipinski definition) is 0. The van der Waals surface area contributed by atoms with Crippen LogP contribution >= 0.6 is 0 Å². The van der Waals surface area contributed by atoms with Gasteiger partial charge in [0.25, 0.3) is 0 Å². The van der Waals surface area contributed by atoms with Crippen molar-refractivity contribution in [2.75, 3.05) is 38.5 Å². The molecule has 0 amide bonds. The minimum absolute atomic E-state index is 0.301. The number of hydrogen-bond acceptors (Lipinski definition) is 4. The number of rotatable bonds is 6. The van der Waals surface area contributed by atoms with Gasteiger partial charge in [0, 0.05) is 32.2 Å². The van der Waals surface area contributed by atoms with E-state index in [2.05, 4.69) is 18.7 Å². The molecule has 2 heterocycles. The van der Waals surface area contributed by atoms with Crippen molar-refractivity contribution in [2.24, 2.45) is 0 Å². The van der Waals surface area contributed by atoms with E-state index >= 15 is 0 Å². The zero-order chi connectivity index (χ0) is 15.3. The Morgan fingerprint density at radius 3 is 2.48 bits per heavy atom. The van der Waals surface area contributed by atoms with Gasteiger partial charge < -0.3 is 4.74 Å². The molecule has 2 saturated heterocycles. The lowest BCUT2D eigenvalue weighted by Gasteiger charge is -2.41. The summed E-state index contributed by atoms with van der Waals surface area (Å²) in [4.78, 5) is 2.48. The van der Waals surface area contributed by atoms with Crippen molar-refractivity contribution in [1.82, 2.24) is 9.21 Å². The number of sulfonamides is 1. The first-order valence-corrected chi connectivity index (χ1v) is 9.97. The van der Waals surface area contributed by atoms with Crippen LogP contribution in [0, 0.1) is 0 Å². The molecule has 0 bridgehead atoms. The van der Waals surface area contributed by atoms with Crippen molar-refractivity contribution in [3.63, 3.8) is 0 Å². The van der Waals surface area contributed by atoms with E-state index < -0.39 is 10.0 Å². The number of morpholine rings is 1. The largest absolute Gasteiger partial charge is 0.376 e. The zero-order valence-corrected chi connectivity index (χ0v) is 14.3. The second-order valence-electron chi connectivity index (χ2n) is 6.33. The fourth-order valence-electron chi connectivity index (χ4n) is 3.33. The average Bonchev–Trinajstić information content (AvgIpc) is 2.47. The lowest BCUT2D eigenvalue weighted by Crippen LogP contribution is -2.52. The van der Waals surface area contributed by atoms with Crippen molar-refractivity contribution < 1.29 is 13.2 Å². The van der Waals surface area contributed by atoms with E-state index in [1.54, 1.807) is 4.31 Å². The summed E-state index contributed by atoms with van der Waals surface area (Å²) in [5.74, 6) is 0.320. The van der Waals surface area contributed by atoms with Crippen molar-refractivity contribution >= 4 is 10.0 Å². The van der Waals surface area contributed by atoms with Crippen LogP contribution in [0.2, 0.25) is 0 Å². The average molecular weight is 318 g/mol. The molecular formula is C15H30N2O3S. The third kappa shape index (κ3) is 4.91. The SMILES string of the molecule is CCCCCS(=O)(=O)N1CCC(N2CCO[C@H](C)C2)CC1. The van der Waals surface area contributed by atoms with Crippen LogP contribution in [-0.4, -0.2) is 68.3 Å². The van der Waals surface area contributed by atoms with Gasteiger partial charge in [0.1, 0.15) is 0 Å². The van der Waals surface area contributed by atoms with Crippen LogP contribution in [0.4, 0.5) is 0 Å². The first-order chi connectivity index (χ1) is 10.0. The Morgan fingerprint density at radius 1 is 1.14 bits per heavy atom. The molecule has 5 nitrogen and oxygen atoms in total. The highest BCUT2D eigenvalue weighted by molar-refractivity contribution is 7.89. The van der Waals surface area contributed by atoms with Gasteiger partial charge in [-0.1, -0.05) is 19.8 Å². The van der Waals surface area contributed by atoms with E-state index in [1.807, 2.05) is 0 Å². The Bertz CT molecular complexity index is 405. The molecule has 124 valence electrons. The van der Waals surface area contributed by atoms with Crippen LogP contribution in [0.3, 0.4) is 0 Å². The molecule has 0 unspecified atom stereocenters. The molecule has 0 aliphatic carbocycles. The highest BCUT2D eigenvalue weighted by Crippen LogP contribution is 2.21. The fraction of sp³-hybridized carbons (Fsp3) is 1.00. The maximum absolute atomic E-state index is 12.3. The Hall–Kier alpha value is -0.170. The zero-order valence-electron chi connectivity index (χ0n) is 13.5. The van der Waals surface area contributed by atoms with Crippen molar-refractivity contribution in [1.29, 1.82) is 0 Å². The topological polar surface area (TPSA) is 49.9 Å². The fourth-order valence-corrected chi connectivity index (χ4v) is 4.92. The van der Waals surface area contributed by atoms with Crippen LogP contribution in [0.15, 0.2) is 0 Å². The summed E-state index contributed by atoms with van der Waals surface area (Å²) in [6.45, 7) is 8.35. The van der Waals surface area contributed by atoms with Gasteiger partial charge in [-0.3, -0.25) is 4.90 Å². The Balaban J connectivity index is 1.79. The van der Waals surface area contributed by atoms with Crippen LogP contribution < -0.4 is 0 Å². The second kappa shape index (κ2) is 7.90. The molecule has 0 saturated carbocycles. The molecule has 0 aromatic carbocycles. The second-order valence-corrected chi connectivity index (χ2v) is 8.42.